The maximum atomic E-state index is 11.6. The number of nitrogens with one attached hydrogen (secondary N) is 1. The van der Waals surface area contributed by atoms with Gasteiger partial charge in [-0.2, -0.15) is 0 Å². The lowest BCUT2D eigenvalue weighted by atomic mass is 10.3. The molecule has 112 valence electrons. The molecule has 0 saturated carbocycles. The van der Waals surface area contributed by atoms with Gasteiger partial charge in [-0.05, 0) is 18.1 Å². The number of aromatic carboxylic acids is 1. The summed E-state index contributed by atoms with van der Waals surface area (Å²) in [4.78, 5) is 22.1. The van der Waals surface area contributed by atoms with E-state index in [2.05, 4.69) is 5.32 Å². The third kappa shape index (κ3) is 5.43. The molecule has 0 fully saturated rings. The molecule has 1 heterocycles. The standard InChI is InChI=1S/C12H17NO6S/c1-8(2)6-20(17,18)7-11(14)13-5-9-3-4-10(19-9)12(15)16/h3-4,8H,5-7H2,1-2H3,(H,13,14)(H,15,16). The summed E-state index contributed by atoms with van der Waals surface area (Å²) in [6.07, 6.45) is 0. The first kappa shape index (κ1) is 16.2. The zero-order valence-corrected chi connectivity index (χ0v) is 12.1. The van der Waals surface area contributed by atoms with Crippen molar-refractivity contribution < 1.29 is 27.5 Å². The van der Waals surface area contributed by atoms with Gasteiger partial charge >= 0.3 is 5.97 Å². The summed E-state index contributed by atoms with van der Waals surface area (Å²) in [5.74, 6) is -2.52. The Morgan fingerprint density at radius 3 is 2.50 bits per heavy atom. The minimum absolute atomic E-state index is 0.0454. The minimum atomic E-state index is -3.43. The molecule has 1 aromatic rings. The SMILES string of the molecule is CC(C)CS(=O)(=O)CC(=O)NCc1ccc(C(=O)O)o1. The smallest absolute Gasteiger partial charge is 0.371 e. The van der Waals surface area contributed by atoms with Crippen LogP contribution in [0.3, 0.4) is 0 Å². The van der Waals surface area contributed by atoms with Crippen molar-refractivity contribution in [3.63, 3.8) is 0 Å². The van der Waals surface area contributed by atoms with Gasteiger partial charge in [0.1, 0.15) is 11.5 Å². The molecule has 0 spiro atoms. The van der Waals surface area contributed by atoms with Crippen molar-refractivity contribution in [2.75, 3.05) is 11.5 Å². The van der Waals surface area contributed by atoms with E-state index in [4.69, 9.17) is 9.52 Å². The summed E-state index contributed by atoms with van der Waals surface area (Å²) >= 11 is 0. The van der Waals surface area contributed by atoms with Crippen LogP contribution in [-0.2, 0) is 21.2 Å². The van der Waals surface area contributed by atoms with E-state index >= 15 is 0 Å². The van der Waals surface area contributed by atoms with Crippen molar-refractivity contribution in [1.82, 2.24) is 5.32 Å². The number of hydrogen-bond donors (Lipinski definition) is 2. The number of carbonyl (C=O) groups excluding carboxylic acids is 1. The van der Waals surface area contributed by atoms with Crippen molar-refractivity contribution >= 4 is 21.7 Å². The Kier molecular flexibility index (Phi) is 5.32. The highest BCUT2D eigenvalue weighted by atomic mass is 32.2. The van der Waals surface area contributed by atoms with Crippen LogP contribution in [0.25, 0.3) is 0 Å². The van der Waals surface area contributed by atoms with Crippen LogP contribution in [0.1, 0.15) is 30.2 Å². The number of carbonyl (C=O) groups is 2. The summed E-state index contributed by atoms with van der Waals surface area (Å²) in [5, 5.41) is 11.0. The van der Waals surface area contributed by atoms with Gasteiger partial charge in [0.2, 0.25) is 11.7 Å². The molecule has 1 rings (SSSR count). The van der Waals surface area contributed by atoms with Crippen LogP contribution < -0.4 is 5.32 Å². The molecule has 1 amide bonds. The van der Waals surface area contributed by atoms with Crippen LogP contribution in [0.4, 0.5) is 0 Å². The van der Waals surface area contributed by atoms with Crippen LogP contribution in [-0.4, -0.2) is 36.9 Å². The van der Waals surface area contributed by atoms with Crippen LogP contribution >= 0.6 is 0 Å². The van der Waals surface area contributed by atoms with Crippen molar-refractivity contribution in [2.45, 2.75) is 20.4 Å². The number of amides is 1. The molecule has 0 bridgehead atoms. The molecule has 0 radical (unpaired) electrons. The fourth-order valence-electron chi connectivity index (χ4n) is 1.59. The summed E-state index contributed by atoms with van der Waals surface area (Å²) < 4.78 is 28.1. The van der Waals surface area contributed by atoms with Gasteiger partial charge in [0.25, 0.3) is 0 Å². The average Bonchev–Trinajstić information content (AvgIpc) is 2.72. The Morgan fingerprint density at radius 1 is 1.35 bits per heavy atom. The van der Waals surface area contributed by atoms with Gasteiger partial charge in [-0.1, -0.05) is 13.8 Å². The predicted molar refractivity (Wildman–Crippen MR) is 71.0 cm³/mol. The van der Waals surface area contributed by atoms with Gasteiger partial charge in [-0.25, -0.2) is 13.2 Å². The third-order valence-corrected chi connectivity index (χ3v) is 4.15. The van der Waals surface area contributed by atoms with Gasteiger partial charge in [0, 0.05) is 0 Å². The van der Waals surface area contributed by atoms with Gasteiger partial charge in [0.05, 0.1) is 12.3 Å². The number of carboxylic acid groups (broad SMARTS) is 1. The maximum Gasteiger partial charge on any atom is 0.371 e. The fourth-order valence-corrected chi connectivity index (χ4v) is 3.23. The van der Waals surface area contributed by atoms with E-state index in [0.29, 0.717) is 0 Å². The van der Waals surface area contributed by atoms with Crippen LogP contribution in [0.2, 0.25) is 0 Å². The van der Waals surface area contributed by atoms with E-state index in [1.807, 2.05) is 0 Å². The van der Waals surface area contributed by atoms with Crippen LogP contribution in [0.5, 0.6) is 0 Å². The summed E-state index contributed by atoms with van der Waals surface area (Å²) in [7, 11) is -3.43. The van der Waals surface area contributed by atoms with E-state index in [1.54, 1.807) is 13.8 Å². The number of hydrogen-bond acceptors (Lipinski definition) is 5. The lowest BCUT2D eigenvalue weighted by Gasteiger charge is -2.07. The van der Waals surface area contributed by atoms with E-state index in [-0.39, 0.29) is 29.7 Å². The van der Waals surface area contributed by atoms with Crippen molar-refractivity contribution in [3.8, 4) is 0 Å². The Labute approximate surface area is 116 Å². The van der Waals surface area contributed by atoms with Crippen LogP contribution in [0, 0.1) is 5.92 Å². The first-order chi connectivity index (χ1) is 9.19. The normalized spacial score (nSPS) is 11.6. The van der Waals surface area contributed by atoms with Gasteiger partial charge in [0.15, 0.2) is 9.84 Å². The quantitative estimate of drug-likeness (QED) is 0.765. The first-order valence-electron chi connectivity index (χ1n) is 5.99. The average molecular weight is 303 g/mol. The maximum absolute atomic E-state index is 11.6. The van der Waals surface area contributed by atoms with E-state index in [0.717, 1.165) is 0 Å². The Hall–Kier alpha value is -1.83. The lowest BCUT2D eigenvalue weighted by Crippen LogP contribution is -2.31. The minimum Gasteiger partial charge on any atom is -0.475 e. The number of furan rings is 1. The van der Waals surface area contributed by atoms with Gasteiger partial charge < -0.3 is 14.8 Å². The molecule has 0 saturated heterocycles. The number of sulfone groups is 1. The van der Waals surface area contributed by atoms with E-state index < -0.39 is 27.5 Å². The van der Waals surface area contributed by atoms with Crippen molar-refractivity contribution in [2.24, 2.45) is 5.92 Å². The third-order valence-electron chi connectivity index (χ3n) is 2.27. The van der Waals surface area contributed by atoms with Crippen LogP contribution in [0.15, 0.2) is 16.5 Å². The first-order valence-corrected chi connectivity index (χ1v) is 7.81. The lowest BCUT2D eigenvalue weighted by molar-refractivity contribution is -0.118. The molecule has 7 nitrogen and oxygen atoms in total. The van der Waals surface area contributed by atoms with Crippen molar-refractivity contribution in [3.05, 3.63) is 23.7 Å². The Balaban J connectivity index is 2.49. The van der Waals surface area contributed by atoms with E-state index in [1.165, 1.54) is 12.1 Å². The predicted octanol–water partition coefficient (Wildman–Crippen LogP) is 0.665. The van der Waals surface area contributed by atoms with Crippen molar-refractivity contribution in [1.29, 1.82) is 0 Å². The summed E-state index contributed by atoms with van der Waals surface area (Å²) in [5.41, 5.74) is 0. The monoisotopic (exact) mass is 303 g/mol. The molecular formula is C12H17NO6S. The second-order valence-electron chi connectivity index (χ2n) is 4.80. The fraction of sp³-hybridized carbons (Fsp3) is 0.500. The molecule has 20 heavy (non-hydrogen) atoms. The highest BCUT2D eigenvalue weighted by molar-refractivity contribution is 7.92. The molecule has 1 aromatic heterocycles. The van der Waals surface area contributed by atoms with E-state index in [9.17, 15) is 18.0 Å². The molecule has 0 atom stereocenters. The molecule has 0 unspecified atom stereocenters. The molecule has 0 aliphatic heterocycles. The highest BCUT2D eigenvalue weighted by Crippen LogP contribution is 2.07. The molecule has 0 aliphatic rings. The Morgan fingerprint density at radius 2 is 2.00 bits per heavy atom. The van der Waals surface area contributed by atoms with Gasteiger partial charge in [-0.3, -0.25) is 4.79 Å². The zero-order chi connectivity index (χ0) is 15.3. The molecule has 8 heteroatoms. The highest BCUT2D eigenvalue weighted by Gasteiger charge is 2.18. The summed E-state index contributed by atoms with van der Waals surface area (Å²) in [6.45, 7) is 3.46. The topological polar surface area (TPSA) is 114 Å². The number of rotatable bonds is 7. The molecule has 2 N–H and O–H groups in total. The molecule has 0 aromatic carbocycles. The second kappa shape index (κ2) is 6.56. The molecular weight excluding hydrogens is 286 g/mol. The second-order valence-corrected chi connectivity index (χ2v) is 6.91. The Bertz CT molecular complexity index is 587. The van der Waals surface area contributed by atoms with Gasteiger partial charge in [-0.15, -0.1) is 0 Å². The largest absolute Gasteiger partial charge is 0.475 e. The summed E-state index contributed by atoms with van der Waals surface area (Å²) in [6, 6.07) is 2.67. The zero-order valence-electron chi connectivity index (χ0n) is 11.3. The molecule has 0 aliphatic carbocycles. The number of carboxylic acids is 1.